The molecule has 1 aromatic carbocycles. The molecule has 0 radical (unpaired) electrons. The van der Waals surface area contributed by atoms with Crippen LogP contribution < -0.4 is 4.74 Å². The van der Waals surface area contributed by atoms with Crippen molar-refractivity contribution in [1.82, 2.24) is 29.7 Å². The number of aromatic amines is 1. The van der Waals surface area contributed by atoms with Gasteiger partial charge in [0.25, 0.3) is 0 Å². The zero-order valence-corrected chi connectivity index (χ0v) is 18.7. The summed E-state index contributed by atoms with van der Waals surface area (Å²) in [6.07, 6.45) is -1.65. The number of H-pyrrole nitrogens is 1. The number of ether oxygens (including phenoxy) is 1. The number of carboxylic acids is 1. The number of alkyl halides is 3. The van der Waals surface area contributed by atoms with E-state index < -0.39 is 23.6 Å². The van der Waals surface area contributed by atoms with E-state index in [4.69, 9.17) is 9.84 Å². The number of hydrogen-bond acceptors (Lipinski definition) is 6. The summed E-state index contributed by atoms with van der Waals surface area (Å²) in [6, 6.07) is 8.42. The molecule has 3 heterocycles. The molecule has 0 amide bonds. The Morgan fingerprint density at radius 1 is 1.20 bits per heavy atom. The minimum absolute atomic E-state index is 0.0830. The molecule has 3 aromatic heterocycles. The highest BCUT2D eigenvalue weighted by Crippen LogP contribution is 2.38. The zero-order chi connectivity index (χ0) is 25.2. The maximum atomic E-state index is 13.7. The first-order chi connectivity index (χ1) is 16.7. The molecule has 1 unspecified atom stereocenters. The van der Waals surface area contributed by atoms with Gasteiger partial charge in [-0.3, -0.25) is 9.89 Å². The van der Waals surface area contributed by atoms with Crippen molar-refractivity contribution in [1.29, 1.82) is 0 Å². The van der Waals surface area contributed by atoms with Crippen molar-refractivity contribution < 1.29 is 27.8 Å². The molecule has 0 fully saturated rings. The fraction of sp³-hybridized carbons (Fsp3) is 0.261. The molecule has 12 heteroatoms. The van der Waals surface area contributed by atoms with Crippen LogP contribution in [0.4, 0.5) is 13.2 Å². The van der Waals surface area contributed by atoms with E-state index in [1.165, 1.54) is 25.3 Å². The maximum Gasteiger partial charge on any atom is 0.416 e. The number of hydrogen-bond donors (Lipinski definition) is 2. The van der Waals surface area contributed by atoms with Gasteiger partial charge < -0.3 is 14.4 Å². The average molecular weight is 486 g/mol. The van der Waals surface area contributed by atoms with Crippen molar-refractivity contribution in [3.05, 3.63) is 71.6 Å². The number of nitrogens with zero attached hydrogens (tertiary/aromatic N) is 5. The second kappa shape index (κ2) is 9.57. The van der Waals surface area contributed by atoms with Gasteiger partial charge in [0.05, 0.1) is 24.7 Å². The van der Waals surface area contributed by atoms with E-state index in [2.05, 4.69) is 25.1 Å². The minimum atomic E-state index is -4.61. The van der Waals surface area contributed by atoms with Gasteiger partial charge in [-0.1, -0.05) is 18.2 Å². The van der Waals surface area contributed by atoms with Gasteiger partial charge >= 0.3 is 12.1 Å². The van der Waals surface area contributed by atoms with Crippen LogP contribution in [0, 0.1) is 6.92 Å². The van der Waals surface area contributed by atoms with E-state index >= 15 is 0 Å². The molecule has 0 aliphatic carbocycles. The lowest BCUT2D eigenvalue weighted by molar-refractivity contribution is -0.138. The first kappa shape index (κ1) is 23.9. The molecule has 0 saturated heterocycles. The molecular weight excluding hydrogens is 465 g/mol. The average Bonchev–Trinajstić information content (AvgIpc) is 3.48. The van der Waals surface area contributed by atoms with Crippen molar-refractivity contribution in [3.8, 4) is 23.1 Å². The van der Waals surface area contributed by atoms with Crippen LogP contribution in [0.25, 0.3) is 17.2 Å². The van der Waals surface area contributed by atoms with E-state index in [0.717, 1.165) is 11.8 Å². The van der Waals surface area contributed by atoms with Crippen LogP contribution in [0.15, 0.2) is 48.9 Å². The molecule has 2 N–H and O–H groups in total. The van der Waals surface area contributed by atoms with E-state index in [9.17, 15) is 18.0 Å². The predicted molar refractivity (Wildman–Crippen MR) is 118 cm³/mol. The van der Waals surface area contributed by atoms with E-state index in [0.29, 0.717) is 11.4 Å². The number of imidazole rings is 1. The second-order valence-electron chi connectivity index (χ2n) is 7.76. The Labute approximate surface area is 197 Å². The Hall–Kier alpha value is -4.22. The van der Waals surface area contributed by atoms with Crippen LogP contribution in [0.2, 0.25) is 0 Å². The molecule has 0 aliphatic heterocycles. The van der Waals surface area contributed by atoms with Crippen molar-refractivity contribution in [2.45, 2.75) is 31.9 Å². The summed E-state index contributed by atoms with van der Waals surface area (Å²) in [7, 11) is 1.46. The number of aryl methyl sites for hydroxylation is 1. The van der Waals surface area contributed by atoms with Gasteiger partial charge in [-0.15, -0.1) is 0 Å². The van der Waals surface area contributed by atoms with Gasteiger partial charge in [-0.25, -0.2) is 15.0 Å². The highest BCUT2D eigenvalue weighted by Gasteiger charge is 2.36. The molecular formula is C23H21F3N6O3. The maximum absolute atomic E-state index is 13.7. The number of halogens is 3. The van der Waals surface area contributed by atoms with Gasteiger partial charge in [-0.05, 0) is 37.1 Å². The SMILES string of the molecule is COc1nc(-c2n[nH]c(C(CCC(=O)O)c3ccccc3C(F)(F)F)n2)ccc1-n1cnc(C)c1. The molecule has 0 aliphatic rings. The molecule has 9 nitrogen and oxygen atoms in total. The Bertz CT molecular complexity index is 1350. The topological polar surface area (TPSA) is 119 Å². The smallest absolute Gasteiger partial charge is 0.416 e. The first-order valence-electron chi connectivity index (χ1n) is 10.5. The number of carboxylic acid groups (broad SMARTS) is 1. The number of methoxy groups -OCH3 is 1. The zero-order valence-electron chi connectivity index (χ0n) is 18.7. The number of rotatable bonds is 8. The fourth-order valence-electron chi connectivity index (χ4n) is 3.77. The highest BCUT2D eigenvalue weighted by atomic mass is 19.4. The minimum Gasteiger partial charge on any atom is -0.481 e. The van der Waals surface area contributed by atoms with Crippen LogP contribution in [0.3, 0.4) is 0 Å². The third-order valence-corrected chi connectivity index (χ3v) is 5.37. The number of pyridine rings is 1. The summed E-state index contributed by atoms with van der Waals surface area (Å²) in [4.78, 5) is 24.2. The lowest BCUT2D eigenvalue weighted by Crippen LogP contribution is -2.15. The third kappa shape index (κ3) is 5.15. The summed E-state index contributed by atoms with van der Waals surface area (Å²) in [5.74, 6) is -1.59. The van der Waals surface area contributed by atoms with Crippen molar-refractivity contribution in [3.63, 3.8) is 0 Å². The Kier molecular flexibility index (Phi) is 6.54. The lowest BCUT2D eigenvalue weighted by Gasteiger charge is -2.19. The summed E-state index contributed by atoms with van der Waals surface area (Å²) in [6.45, 7) is 1.84. The first-order valence-corrected chi connectivity index (χ1v) is 10.5. The van der Waals surface area contributed by atoms with Crippen LogP contribution in [0.1, 0.15) is 41.4 Å². The molecule has 1 atom stereocenters. The van der Waals surface area contributed by atoms with Crippen LogP contribution in [-0.2, 0) is 11.0 Å². The second-order valence-corrected chi connectivity index (χ2v) is 7.76. The number of carbonyl (C=O) groups is 1. The summed E-state index contributed by atoms with van der Waals surface area (Å²) in [5.41, 5.74) is 0.826. The Morgan fingerprint density at radius 3 is 2.63 bits per heavy atom. The van der Waals surface area contributed by atoms with Gasteiger partial charge in [-0.2, -0.15) is 18.3 Å². The molecule has 0 spiro atoms. The van der Waals surface area contributed by atoms with Crippen molar-refractivity contribution in [2.75, 3.05) is 7.11 Å². The summed E-state index contributed by atoms with van der Waals surface area (Å²) >= 11 is 0. The van der Waals surface area contributed by atoms with Gasteiger partial charge in [0.1, 0.15) is 17.2 Å². The van der Waals surface area contributed by atoms with E-state index in [1.54, 1.807) is 29.2 Å². The standard InChI is InChI=1S/C23H21F3N6O3/c1-13-11-32(12-27-13)18-9-8-17(28-22(18)35-2)21-29-20(30-31-21)15(7-10-19(33)34)14-5-3-4-6-16(14)23(24,25)26/h3-6,8-9,11-12,15H,7,10H2,1-2H3,(H,33,34)(H,29,30,31). The number of aliphatic carboxylic acids is 1. The van der Waals surface area contributed by atoms with Crippen LogP contribution in [-0.4, -0.2) is 47.9 Å². The van der Waals surface area contributed by atoms with Crippen LogP contribution >= 0.6 is 0 Å². The molecule has 35 heavy (non-hydrogen) atoms. The quantitative estimate of drug-likeness (QED) is 0.379. The number of aromatic nitrogens is 6. The fourth-order valence-corrected chi connectivity index (χ4v) is 3.77. The summed E-state index contributed by atoms with van der Waals surface area (Å²) in [5, 5.41) is 16.0. The van der Waals surface area contributed by atoms with Crippen molar-refractivity contribution in [2.24, 2.45) is 0 Å². The Morgan fingerprint density at radius 2 is 1.97 bits per heavy atom. The predicted octanol–water partition coefficient (Wildman–Crippen LogP) is 4.38. The van der Waals surface area contributed by atoms with Gasteiger partial charge in [0.15, 0.2) is 5.82 Å². The molecule has 4 rings (SSSR count). The summed E-state index contributed by atoms with van der Waals surface area (Å²) < 4.78 is 48.1. The molecule has 4 aromatic rings. The van der Waals surface area contributed by atoms with E-state index in [1.807, 2.05) is 6.92 Å². The van der Waals surface area contributed by atoms with Crippen LogP contribution in [0.5, 0.6) is 5.88 Å². The third-order valence-electron chi connectivity index (χ3n) is 5.37. The molecule has 182 valence electrons. The molecule has 0 saturated carbocycles. The highest BCUT2D eigenvalue weighted by molar-refractivity contribution is 5.67. The Balaban J connectivity index is 1.72. The lowest BCUT2D eigenvalue weighted by atomic mass is 9.89. The van der Waals surface area contributed by atoms with Gasteiger partial charge in [0.2, 0.25) is 5.88 Å². The number of nitrogens with one attached hydrogen (secondary N) is 1. The van der Waals surface area contributed by atoms with Gasteiger partial charge in [0, 0.05) is 18.5 Å². The monoisotopic (exact) mass is 486 g/mol. The van der Waals surface area contributed by atoms with Crippen molar-refractivity contribution >= 4 is 5.97 Å². The normalized spacial score (nSPS) is 12.5. The molecule has 0 bridgehead atoms. The largest absolute Gasteiger partial charge is 0.481 e. The van der Waals surface area contributed by atoms with E-state index in [-0.39, 0.29) is 35.9 Å². The number of benzene rings is 1.